The maximum atomic E-state index is 6.30. The summed E-state index contributed by atoms with van der Waals surface area (Å²) in [5, 5.41) is 0.703. The molecular formula is C18H21ClN2O. The SMILES string of the molecule is Cc1cnc(-c2ccc([C@H](C)N3CCOCC3)cc2)c(Cl)c1. The molecule has 1 aliphatic heterocycles. The quantitative estimate of drug-likeness (QED) is 0.852. The number of rotatable bonds is 3. The number of aryl methyl sites for hydroxylation is 1. The first-order valence-corrected chi connectivity index (χ1v) is 8.07. The molecule has 2 heterocycles. The van der Waals surface area contributed by atoms with Crippen LogP contribution in [0.4, 0.5) is 0 Å². The average molecular weight is 317 g/mol. The molecule has 0 N–H and O–H groups in total. The van der Waals surface area contributed by atoms with Crippen LogP contribution in [0, 0.1) is 6.92 Å². The van der Waals surface area contributed by atoms with Crippen molar-refractivity contribution in [1.29, 1.82) is 0 Å². The maximum Gasteiger partial charge on any atom is 0.0888 e. The molecule has 0 saturated carbocycles. The second-order valence-electron chi connectivity index (χ2n) is 5.79. The largest absolute Gasteiger partial charge is 0.379 e. The van der Waals surface area contributed by atoms with Gasteiger partial charge in [0.2, 0.25) is 0 Å². The molecule has 0 spiro atoms. The Balaban J connectivity index is 1.80. The summed E-state index contributed by atoms with van der Waals surface area (Å²) in [4.78, 5) is 6.91. The highest BCUT2D eigenvalue weighted by molar-refractivity contribution is 6.33. The van der Waals surface area contributed by atoms with Crippen molar-refractivity contribution in [3.05, 3.63) is 52.7 Å². The second-order valence-corrected chi connectivity index (χ2v) is 6.20. The molecule has 2 aromatic rings. The number of hydrogen-bond donors (Lipinski definition) is 0. The van der Waals surface area contributed by atoms with Gasteiger partial charge in [-0.25, -0.2) is 0 Å². The summed E-state index contributed by atoms with van der Waals surface area (Å²) in [7, 11) is 0. The second kappa shape index (κ2) is 6.78. The average Bonchev–Trinajstić information content (AvgIpc) is 2.55. The summed E-state index contributed by atoms with van der Waals surface area (Å²) in [6.07, 6.45) is 1.85. The molecular weight excluding hydrogens is 296 g/mol. The summed E-state index contributed by atoms with van der Waals surface area (Å²) in [6.45, 7) is 7.88. The van der Waals surface area contributed by atoms with Crippen LogP contribution in [0.3, 0.4) is 0 Å². The van der Waals surface area contributed by atoms with E-state index in [0.717, 1.165) is 43.1 Å². The van der Waals surface area contributed by atoms with Crippen molar-refractivity contribution in [3.8, 4) is 11.3 Å². The van der Waals surface area contributed by atoms with E-state index in [1.165, 1.54) is 5.56 Å². The Bertz CT molecular complexity index is 636. The van der Waals surface area contributed by atoms with Crippen molar-refractivity contribution in [3.63, 3.8) is 0 Å². The predicted octanol–water partition coefficient (Wildman–Crippen LogP) is 4.10. The normalized spacial score (nSPS) is 17.4. The molecule has 1 fully saturated rings. The van der Waals surface area contributed by atoms with E-state index in [2.05, 4.69) is 41.1 Å². The summed E-state index contributed by atoms with van der Waals surface area (Å²) in [6, 6.07) is 10.9. The number of pyridine rings is 1. The van der Waals surface area contributed by atoms with Gasteiger partial charge in [0.05, 0.1) is 23.9 Å². The van der Waals surface area contributed by atoms with Crippen LogP contribution in [0.15, 0.2) is 36.5 Å². The number of ether oxygens (including phenoxy) is 1. The van der Waals surface area contributed by atoms with E-state index in [0.29, 0.717) is 11.1 Å². The summed E-state index contributed by atoms with van der Waals surface area (Å²) in [5.41, 5.74) is 4.29. The molecule has 1 aromatic carbocycles. The lowest BCUT2D eigenvalue weighted by molar-refractivity contribution is 0.0198. The lowest BCUT2D eigenvalue weighted by Crippen LogP contribution is -2.37. The van der Waals surface area contributed by atoms with Crippen molar-refractivity contribution in [2.24, 2.45) is 0 Å². The van der Waals surface area contributed by atoms with E-state index >= 15 is 0 Å². The van der Waals surface area contributed by atoms with E-state index in [1.54, 1.807) is 0 Å². The lowest BCUT2D eigenvalue weighted by Gasteiger charge is -2.32. The van der Waals surface area contributed by atoms with E-state index in [4.69, 9.17) is 16.3 Å². The van der Waals surface area contributed by atoms with Crippen molar-refractivity contribution in [2.75, 3.05) is 26.3 Å². The van der Waals surface area contributed by atoms with Crippen LogP contribution in [0.2, 0.25) is 5.02 Å². The van der Waals surface area contributed by atoms with Gasteiger partial charge in [0, 0.05) is 30.9 Å². The molecule has 0 aliphatic carbocycles. The maximum absolute atomic E-state index is 6.30. The van der Waals surface area contributed by atoms with Crippen LogP contribution >= 0.6 is 11.6 Å². The van der Waals surface area contributed by atoms with Gasteiger partial charge >= 0.3 is 0 Å². The first kappa shape index (κ1) is 15.5. The minimum atomic E-state index is 0.402. The Kier molecular flexibility index (Phi) is 4.77. The molecule has 1 aromatic heterocycles. The molecule has 1 atom stereocenters. The Morgan fingerprint density at radius 2 is 1.86 bits per heavy atom. The molecule has 3 nitrogen and oxygen atoms in total. The van der Waals surface area contributed by atoms with Crippen molar-refractivity contribution in [1.82, 2.24) is 9.88 Å². The molecule has 0 bridgehead atoms. The molecule has 0 amide bonds. The molecule has 0 unspecified atom stereocenters. The first-order valence-electron chi connectivity index (χ1n) is 7.69. The predicted molar refractivity (Wildman–Crippen MR) is 90.2 cm³/mol. The van der Waals surface area contributed by atoms with Crippen LogP contribution in [0.1, 0.15) is 24.1 Å². The Labute approximate surface area is 136 Å². The number of aromatic nitrogens is 1. The minimum Gasteiger partial charge on any atom is -0.379 e. The summed E-state index contributed by atoms with van der Waals surface area (Å²) in [5.74, 6) is 0. The fourth-order valence-corrected chi connectivity index (χ4v) is 3.17. The third kappa shape index (κ3) is 3.32. The zero-order valence-corrected chi connectivity index (χ0v) is 13.8. The molecule has 3 rings (SSSR count). The number of benzene rings is 1. The molecule has 22 heavy (non-hydrogen) atoms. The third-order valence-corrected chi connectivity index (χ3v) is 4.53. The topological polar surface area (TPSA) is 25.4 Å². The standard InChI is InChI=1S/C18H21ClN2O/c1-13-11-17(19)18(20-12-13)16-5-3-15(4-6-16)14(2)21-7-9-22-10-8-21/h3-6,11-12,14H,7-10H2,1-2H3/t14-/m0/s1. The molecule has 4 heteroatoms. The van der Waals surface area contributed by atoms with Crippen LogP contribution < -0.4 is 0 Å². The molecule has 1 aliphatic rings. The minimum absolute atomic E-state index is 0.402. The van der Waals surface area contributed by atoms with Gasteiger partial charge < -0.3 is 4.74 Å². The Morgan fingerprint density at radius 3 is 2.50 bits per heavy atom. The highest BCUT2D eigenvalue weighted by Gasteiger charge is 2.18. The first-order chi connectivity index (χ1) is 10.6. The Morgan fingerprint density at radius 1 is 1.18 bits per heavy atom. The number of nitrogens with zero attached hydrogens (tertiary/aromatic N) is 2. The Hall–Kier alpha value is -1.42. The van der Waals surface area contributed by atoms with Crippen LogP contribution in [-0.2, 0) is 4.74 Å². The van der Waals surface area contributed by atoms with Gasteiger partial charge in [0.15, 0.2) is 0 Å². The van der Waals surface area contributed by atoms with E-state index in [1.807, 2.05) is 19.2 Å². The van der Waals surface area contributed by atoms with Gasteiger partial charge in [-0.2, -0.15) is 0 Å². The highest BCUT2D eigenvalue weighted by Crippen LogP contribution is 2.28. The zero-order valence-electron chi connectivity index (χ0n) is 13.1. The number of hydrogen-bond acceptors (Lipinski definition) is 3. The lowest BCUT2D eigenvalue weighted by atomic mass is 10.0. The highest BCUT2D eigenvalue weighted by atomic mass is 35.5. The van der Waals surface area contributed by atoms with Crippen molar-refractivity contribution in [2.45, 2.75) is 19.9 Å². The molecule has 1 saturated heterocycles. The van der Waals surface area contributed by atoms with Crippen molar-refractivity contribution >= 4 is 11.6 Å². The van der Waals surface area contributed by atoms with Gasteiger partial charge in [-0.05, 0) is 31.0 Å². The van der Waals surface area contributed by atoms with Gasteiger partial charge in [-0.1, -0.05) is 35.9 Å². The van der Waals surface area contributed by atoms with Gasteiger partial charge in [-0.15, -0.1) is 0 Å². The van der Waals surface area contributed by atoms with E-state index in [9.17, 15) is 0 Å². The molecule has 116 valence electrons. The van der Waals surface area contributed by atoms with E-state index < -0.39 is 0 Å². The summed E-state index contributed by atoms with van der Waals surface area (Å²) >= 11 is 6.30. The van der Waals surface area contributed by atoms with Gasteiger partial charge in [-0.3, -0.25) is 9.88 Å². The van der Waals surface area contributed by atoms with Crippen LogP contribution in [0.25, 0.3) is 11.3 Å². The van der Waals surface area contributed by atoms with Crippen LogP contribution in [-0.4, -0.2) is 36.2 Å². The smallest absolute Gasteiger partial charge is 0.0888 e. The fourth-order valence-electron chi connectivity index (χ4n) is 2.84. The van der Waals surface area contributed by atoms with Crippen molar-refractivity contribution < 1.29 is 4.74 Å². The number of morpholine rings is 1. The zero-order chi connectivity index (χ0) is 15.5. The third-order valence-electron chi connectivity index (χ3n) is 4.24. The van der Waals surface area contributed by atoms with Gasteiger partial charge in [0.25, 0.3) is 0 Å². The molecule has 0 radical (unpaired) electrons. The van der Waals surface area contributed by atoms with Gasteiger partial charge in [0.1, 0.15) is 0 Å². The summed E-state index contributed by atoms with van der Waals surface area (Å²) < 4.78 is 5.42. The van der Waals surface area contributed by atoms with Crippen LogP contribution in [0.5, 0.6) is 0 Å². The number of halogens is 1. The van der Waals surface area contributed by atoms with E-state index in [-0.39, 0.29) is 0 Å². The fraction of sp³-hybridized carbons (Fsp3) is 0.389. The monoisotopic (exact) mass is 316 g/mol.